The van der Waals surface area contributed by atoms with Crippen molar-refractivity contribution in [2.75, 3.05) is 0 Å². The Morgan fingerprint density at radius 2 is 1.17 bits per heavy atom. The van der Waals surface area contributed by atoms with Gasteiger partial charge in [-0.2, -0.15) is 0 Å². The number of benzene rings is 1. The maximum absolute atomic E-state index is 2.33. The van der Waals surface area contributed by atoms with E-state index in [4.69, 9.17) is 0 Å². The van der Waals surface area contributed by atoms with Gasteiger partial charge in [-0.25, -0.2) is 18.3 Å². The predicted octanol–water partition coefficient (Wildman–Crippen LogP) is 2.62. The Kier molecular flexibility index (Phi) is 4.84. The summed E-state index contributed by atoms with van der Waals surface area (Å²) in [6.07, 6.45) is 8.69. The van der Waals surface area contributed by atoms with E-state index in [2.05, 4.69) is 95.0 Å². The molecule has 0 spiro atoms. The number of aromatic nitrogens is 4. The number of rotatable bonds is 6. The molecule has 0 saturated carbocycles. The first kappa shape index (κ1) is 16.5. The Balaban J connectivity index is 1.87. The average Bonchev–Trinajstić information content (AvgIpc) is 3.12. The monoisotopic (exact) mass is 324 g/mol. The molecule has 0 amide bonds. The summed E-state index contributed by atoms with van der Waals surface area (Å²) >= 11 is 0. The van der Waals surface area contributed by atoms with E-state index in [0.717, 1.165) is 26.2 Å². The maximum atomic E-state index is 2.33. The molecular formula is C20H28N4+2. The first-order valence-electron chi connectivity index (χ1n) is 8.81. The van der Waals surface area contributed by atoms with Gasteiger partial charge in [0, 0.05) is 25.0 Å². The Bertz CT molecular complexity index is 757. The summed E-state index contributed by atoms with van der Waals surface area (Å²) in [6, 6.07) is 8.77. The summed E-state index contributed by atoms with van der Waals surface area (Å²) < 4.78 is 9.22. The van der Waals surface area contributed by atoms with Crippen LogP contribution in [0.5, 0.6) is 0 Å². The van der Waals surface area contributed by atoms with Crippen LogP contribution in [-0.4, -0.2) is 9.13 Å². The molecule has 0 radical (unpaired) electrons. The number of hydrogen-bond acceptors (Lipinski definition) is 0. The van der Waals surface area contributed by atoms with Crippen molar-refractivity contribution in [3.05, 3.63) is 71.8 Å². The molecule has 0 aliphatic heterocycles. The first-order valence-corrected chi connectivity index (χ1v) is 8.81. The van der Waals surface area contributed by atoms with Gasteiger partial charge >= 0.3 is 0 Å². The molecule has 1 aromatic carbocycles. The van der Waals surface area contributed by atoms with Gasteiger partial charge in [-0.15, -0.1) is 0 Å². The van der Waals surface area contributed by atoms with Crippen LogP contribution in [-0.2, 0) is 26.2 Å². The first-order chi connectivity index (χ1) is 11.6. The molecule has 24 heavy (non-hydrogen) atoms. The molecule has 2 heterocycles. The third kappa shape index (κ3) is 3.14. The predicted molar refractivity (Wildman–Crippen MR) is 94.7 cm³/mol. The topological polar surface area (TPSA) is 17.6 Å². The molecule has 0 N–H and O–H groups in total. The molecule has 2 aromatic heterocycles. The van der Waals surface area contributed by atoms with Gasteiger partial charge in [0.1, 0.15) is 37.9 Å². The van der Waals surface area contributed by atoms with E-state index < -0.39 is 0 Å². The highest BCUT2D eigenvalue weighted by Crippen LogP contribution is 2.10. The van der Waals surface area contributed by atoms with Crippen molar-refractivity contribution in [1.82, 2.24) is 9.13 Å². The Morgan fingerprint density at radius 1 is 0.750 bits per heavy atom. The zero-order valence-corrected chi connectivity index (χ0v) is 15.2. The Morgan fingerprint density at radius 3 is 1.50 bits per heavy atom. The minimum atomic E-state index is 0.920. The zero-order valence-electron chi connectivity index (χ0n) is 15.2. The van der Waals surface area contributed by atoms with Gasteiger partial charge in [-0.1, -0.05) is 24.3 Å². The van der Waals surface area contributed by atoms with Gasteiger partial charge in [0.25, 0.3) is 11.6 Å². The second-order valence-electron chi connectivity index (χ2n) is 6.29. The van der Waals surface area contributed by atoms with Crippen molar-refractivity contribution in [1.29, 1.82) is 0 Å². The molecular weight excluding hydrogens is 296 g/mol. The van der Waals surface area contributed by atoms with Crippen LogP contribution >= 0.6 is 0 Å². The molecule has 0 aliphatic carbocycles. The lowest BCUT2D eigenvalue weighted by Crippen LogP contribution is -2.39. The average molecular weight is 324 g/mol. The summed E-state index contributed by atoms with van der Waals surface area (Å²) in [7, 11) is 0. The summed E-state index contributed by atoms with van der Waals surface area (Å²) in [5.74, 6) is 2.60. The molecule has 0 bridgehead atoms. The lowest BCUT2D eigenvalue weighted by Gasteiger charge is -2.08. The lowest BCUT2D eigenvalue weighted by molar-refractivity contribution is -0.699. The van der Waals surface area contributed by atoms with Crippen molar-refractivity contribution < 1.29 is 9.13 Å². The number of aryl methyl sites for hydroxylation is 2. The van der Waals surface area contributed by atoms with E-state index in [1.807, 2.05) is 0 Å². The number of hydrogen-bond donors (Lipinski definition) is 0. The quantitative estimate of drug-likeness (QED) is 0.620. The maximum Gasteiger partial charge on any atom is 0.253 e. The Hall–Kier alpha value is -2.36. The van der Waals surface area contributed by atoms with Crippen LogP contribution < -0.4 is 9.13 Å². The second-order valence-corrected chi connectivity index (χ2v) is 6.29. The van der Waals surface area contributed by atoms with E-state index in [1.54, 1.807) is 0 Å². The van der Waals surface area contributed by atoms with Gasteiger partial charge in [0.15, 0.2) is 0 Å². The molecule has 0 fully saturated rings. The highest BCUT2D eigenvalue weighted by molar-refractivity contribution is 5.25. The smallest absolute Gasteiger partial charge is 0.235 e. The summed E-state index contributed by atoms with van der Waals surface area (Å²) in [6.45, 7) is 12.6. The van der Waals surface area contributed by atoms with Gasteiger partial charge in [-0.05, 0) is 13.8 Å². The molecule has 0 unspecified atom stereocenters. The van der Waals surface area contributed by atoms with E-state index in [-0.39, 0.29) is 0 Å². The van der Waals surface area contributed by atoms with Crippen molar-refractivity contribution >= 4 is 0 Å². The molecule has 0 aliphatic rings. The van der Waals surface area contributed by atoms with Crippen molar-refractivity contribution in [2.45, 2.75) is 53.9 Å². The molecule has 126 valence electrons. The fourth-order valence-corrected chi connectivity index (χ4v) is 3.32. The fourth-order valence-electron chi connectivity index (χ4n) is 3.32. The highest BCUT2D eigenvalue weighted by Gasteiger charge is 2.16. The minimum Gasteiger partial charge on any atom is -0.235 e. The van der Waals surface area contributed by atoms with Crippen molar-refractivity contribution in [3.63, 3.8) is 0 Å². The van der Waals surface area contributed by atoms with E-state index in [0.29, 0.717) is 0 Å². The normalized spacial score (nSPS) is 11.2. The molecule has 0 saturated heterocycles. The second kappa shape index (κ2) is 7.04. The van der Waals surface area contributed by atoms with E-state index >= 15 is 0 Å². The zero-order chi connectivity index (χ0) is 17.1. The Labute approximate surface area is 144 Å². The standard InChI is InChI=1S/C20H28N4/c1-5-21-11-13-23(17(21)3)15-19-9-7-8-10-20(19)16-24-14-12-22(6-2)18(24)4/h7-14H,5-6,15-16H2,1-4H3/q+2. The van der Waals surface area contributed by atoms with Crippen LogP contribution in [0.25, 0.3) is 0 Å². The van der Waals surface area contributed by atoms with Crippen molar-refractivity contribution in [3.8, 4) is 0 Å². The van der Waals surface area contributed by atoms with Crippen molar-refractivity contribution in [2.24, 2.45) is 0 Å². The van der Waals surface area contributed by atoms with E-state index in [1.165, 1.54) is 22.8 Å². The lowest BCUT2D eigenvalue weighted by atomic mass is 10.1. The van der Waals surface area contributed by atoms with Gasteiger partial charge in [0.05, 0.1) is 13.1 Å². The molecule has 4 heteroatoms. The molecule has 4 nitrogen and oxygen atoms in total. The van der Waals surface area contributed by atoms with Crippen LogP contribution in [0.2, 0.25) is 0 Å². The summed E-state index contributed by atoms with van der Waals surface area (Å²) in [5.41, 5.74) is 2.77. The van der Waals surface area contributed by atoms with Gasteiger partial charge in [-0.3, -0.25) is 0 Å². The third-order valence-corrected chi connectivity index (χ3v) is 5.00. The van der Waals surface area contributed by atoms with Crippen LogP contribution in [0.3, 0.4) is 0 Å². The van der Waals surface area contributed by atoms with Crippen LogP contribution in [0.4, 0.5) is 0 Å². The van der Waals surface area contributed by atoms with Crippen LogP contribution in [0.1, 0.15) is 36.6 Å². The fraction of sp³-hybridized carbons (Fsp3) is 0.400. The highest BCUT2D eigenvalue weighted by atomic mass is 15.1. The SMILES string of the molecule is CCn1cc[n+](Cc2ccccc2C[n+]2ccn(CC)c2C)c1C. The van der Waals surface area contributed by atoms with Gasteiger partial charge in [0.2, 0.25) is 0 Å². The third-order valence-electron chi connectivity index (χ3n) is 5.00. The van der Waals surface area contributed by atoms with E-state index in [9.17, 15) is 0 Å². The van der Waals surface area contributed by atoms with Crippen LogP contribution in [0, 0.1) is 13.8 Å². The van der Waals surface area contributed by atoms with Gasteiger partial charge < -0.3 is 0 Å². The van der Waals surface area contributed by atoms with Crippen LogP contribution in [0.15, 0.2) is 49.1 Å². The largest absolute Gasteiger partial charge is 0.253 e. The summed E-state index contributed by atoms with van der Waals surface area (Å²) in [5, 5.41) is 0. The number of nitrogens with zero attached hydrogens (tertiary/aromatic N) is 4. The molecule has 3 aromatic rings. The number of imidazole rings is 2. The summed E-state index contributed by atoms with van der Waals surface area (Å²) in [4.78, 5) is 0. The molecule has 3 rings (SSSR count). The molecule has 0 atom stereocenters. The minimum absolute atomic E-state index is 0.920.